The number of non-ortho nitro benzene ring substituents is 1. The molecule has 0 fully saturated rings. The molecule has 6 heteroatoms. The maximum absolute atomic E-state index is 11.6. The Morgan fingerprint density at radius 1 is 1.41 bits per heavy atom. The first-order valence-electron chi connectivity index (χ1n) is 5.02. The molecule has 0 spiro atoms. The van der Waals surface area contributed by atoms with Gasteiger partial charge in [0.2, 0.25) is 0 Å². The fourth-order valence-corrected chi connectivity index (χ4v) is 2.02. The molecule has 0 unspecified atom stereocenters. The smallest absolute Gasteiger partial charge is 0.270 e. The van der Waals surface area contributed by atoms with Crippen molar-refractivity contribution in [2.24, 2.45) is 0 Å². The highest BCUT2D eigenvalue weighted by Gasteiger charge is 2.11. The molecule has 1 aromatic carbocycles. The molecule has 5 nitrogen and oxygen atoms in total. The summed E-state index contributed by atoms with van der Waals surface area (Å²) >= 11 is 5.93. The van der Waals surface area contributed by atoms with Gasteiger partial charge in [-0.15, -0.1) is 0 Å². The number of nitrogens with zero attached hydrogens (tertiary/aromatic N) is 2. The summed E-state index contributed by atoms with van der Waals surface area (Å²) in [5.74, 6) is 0. The minimum atomic E-state index is -0.489. The Morgan fingerprint density at radius 2 is 2.12 bits per heavy atom. The number of aryl methyl sites for hydroxylation is 1. The van der Waals surface area contributed by atoms with Crippen molar-refractivity contribution in [1.29, 1.82) is 0 Å². The highest BCUT2D eigenvalue weighted by molar-refractivity contribution is 6.35. The van der Waals surface area contributed by atoms with Crippen molar-refractivity contribution >= 4 is 28.2 Å². The molecule has 0 saturated heterocycles. The van der Waals surface area contributed by atoms with Crippen molar-refractivity contribution in [2.45, 2.75) is 13.5 Å². The zero-order valence-electron chi connectivity index (χ0n) is 9.01. The van der Waals surface area contributed by atoms with E-state index in [1.807, 2.05) is 6.92 Å². The number of nitro benzene ring substituents is 1. The van der Waals surface area contributed by atoms with Gasteiger partial charge in [-0.25, -0.2) is 0 Å². The van der Waals surface area contributed by atoms with Gasteiger partial charge in [0.05, 0.1) is 15.5 Å². The van der Waals surface area contributed by atoms with Crippen molar-refractivity contribution in [3.05, 3.63) is 49.8 Å². The molecular weight excluding hydrogens is 244 g/mol. The van der Waals surface area contributed by atoms with Crippen molar-refractivity contribution in [3.63, 3.8) is 0 Å². The zero-order valence-corrected chi connectivity index (χ0v) is 9.77. The molecule has 0 N–H and O–H groups in total. The molecule has 0 saturated carbocycles. The number of hydrogen-bond acceptors (Lipinski definition) is 3. The lowest BCUT2D eigenvalue weighted by Crippen LogP contribution is -2.18. The molecule has 2 aromatic rings. The van der Waals surface area contributed by atoms with Crippen molar-refractivity contribution in [3.8, 4) is 0 Å². The molecule has 0 amide bonds. The molecule has 2 rings (SSSR count). The molecule has 0 bridgehead atoms. The van der Waals surface area contributed by atoms with Gasteiger partial charge in [0.15, 0.2) is 0 Å². The van der Waals surface area contributed by atoms with E-state index in [-0.39, 0.29) is 16.3 Å². The van der Waals surface area contributed by atoms with Crippen LogP contribution in [0.4, 0.5) is 5.69 Å². The van der Waals surface area contributed by atoms with E-state index in [0.29, 0.717) is 17.4 Å². The number of pyridine rings is 1. The topological polar surface area (TPSA) is 65.1 Å². The summed E-state index contributed by atoms with van der Waals surface area (Å²) in [5.41, 5.74) is 0.357. The van der Waals surface area contributed by atoms with E-state index >= 15 is 0 Å². The third-order valence-electron chi connectivity index (χ3n) is 2.57. The van der Waals surface area contributed by atoms with E-state index in [9.17, 15) is 14.9 Å². The van der Waals surface area contributed by atoms with Crippen LogP contribution < -0.4 is 5.56 Å². The quantitative estimate of drug-likeness (QED) is 0.609. The van der Waals surface area contributed by atoms with Crippen LogP contribution in [-0.2, 0) is 6.54 Å². The third kappa shape index (κ3) is 1.89. The van der Waals surface area contributed by atoms with Gasteiger partial charge in [0.25, 0.3) is 11.2 Å². The molecule has 88 valence electrons. The molecule has 17 heavy (non-hydrogen) atoms. The number of hydrogen-bond donors (Lipinski definition) is 0. The second-order valence-corrected chi connectivity index (χ2v) is 3.94. The summed E-state index contributed by atoms with van der Waals surface area (Å²) in [7, 11) is 0. The Kier molecular flexibility index (Phi) is 2.85. The van der Waals surface area contributed by atoms with E-state index in [4.69, 9.17) is 11.6 Å². The van der Waals surface area contributed by atoms with Crippen LogP contribution in [0.1, 0.15) is 6.92 Å². The van der Waals surface area contributed by atoms with Gasteiger partial charge in [-0.05, 0) is 13.0 Å². The Labute approximate surface area is 101 Å². The summed E-state index contributed by atoms with van der Waals surface area (Å²) in [4.78, 5) is 21.8. The minimum Gasteiger partial charge on any atom is -0.308 e. The van der Waals surface area contributed by atoms with Crippen LogP contribution in [0.3, 0.4) is 0 Å². The largest absolute Gasteiger partial charge is 0.308 e. The van der Waals surface area contributed by atoms with Crippen LogP contribution in [0.5, 0.6) is 0 Å². The molecule has 0 aliphatic carbocycles. The van der Waals surface area contributed by atoms with Gasteiger partial charge in [-0.1, -0.05) is 11.6 Å². The van der Waals surface area contributed by atoms with Crippen LogP contribution in [0.25, 0.3) is 10.9 Å². The summed E-state index contributed by atoms with van der Waals surface area (Å²) in [6.07, 6.45) is 0. The summed E-state index contributed by atoms with van der Waals surface area (Å²) in [6.45, 7) is 2.32. The molecule has 0 atom stereocenters. The van der Waals surface area contributed by atoms with Crippen LogP contribution in [0.15, 0.2) is 29.1 Å². The number of benzene rings is 1. The lowest BCUT2D eigenvalue weighted by molar-refractivity contribution is -0.384. The van der Waals surface area contributed by atoms with E-state index in [2.05, 4.69) is 0 Å². The van der Waals surface area contributed by atoms with E-state index < -0.39 is 4.92 Å². The molecule has 0 aliphatic rings. The molecule has 1 aromatic heterocycles. The number of fused-ring (bicyclic) bond motifs is 1. The van der Waals surface area contributed by atoms with Gasteiger partial charge < -0.3 is 4.57 Å². The minimum absolute atomic E-state index is 0.0410. The second kappa shape index (κ2) is 4.18. The first-order chi connectivity index (χ1) is 8.04. The average molecular weight is 253 g/mol. The number of rotatable bonds is 2. The first kappa shape index (κ1) is 11.6. The van der Waals surface area contributed by atoms with Gasteiger partial charge in [-0.2, -0.15) is 0 Å². The van der Waals surface area contributed by atoms with E-state index in [1.165, 1.54) is 22.8 Å². The Hall–Kier alpha value is -1.88. The SMILES string of the molecule is CCn1c(=O)cc(Cl)c2cc([N+](=O)[O-])ccc21. The standard InChI is InChI=1S/C11H9ClN2O3/c1-2-13-10-4-3-7(14(16)17)5-8(10)9(12)6-11(13)15/h3-6H,2H2,1H3. The van der Waals surface area contributed by atoms with Gasteiger partial charge in [-0.3, -0.25) is 14.9 Å². The summed E-state index contributed by atoms with van der Waals surface area (Å²) < 4.78 is 1.52. The zero-order chi connectivity index (χ0) is 12.6. The lowest BCUT2D eigenvalue weighted by Gasteiger charge is -2.08. The van der Waals surface area contributed by atoms with E-state index in [0.717, 1.165) is 0 Å². The van der Waals surface area contributed by atoms with Crippen LogP contribution in [-0.4, -0.2) is 9.49 Å². The number of aromatic nitrogens is 1. The fraction of sp³-hybridized carbons (Fsp3) is 0.182. The molecule has 0 radical (unpaired) electrons. The normalized spacial score (nSPS) is 10.7. The van der Waals surface area contributed by atoms with Gasteiger partial charge >= 0.3 is 0 Å². The molecule has 1 heterocycles. The van der Waals surface area contributed by atoms with Crippen molar-refractivity contribution in [1.82, 2.24) is 4.57 Å². The predicted octanol–water partition coefficient (Wildman–Crippen LogP) is 2.58. The first-order valence-corrected chi connectivity index (χ1v) is 5.40. The van der Waals surface area contributed by atoms with E-state index in [1.54, 1.807) is 6.07 Å². The maximum Gasteiger partial charge on any atom is 0.270 e. The predicted molar refractivity (Wildman–Crippen MR) is 65.5 cm³/mol. The number of nitro groups is 1. The van der Waals surface area contributed by atoms with Crippen LogP contribution in [0, 0.1) is 10.1 Å². The third-order valence-corrected chi connectivity index (χ3v) is 2.88. The van der Waals surface area contributed by atoms with Crippen LogP contribution in [0.2, 0.25) is 5.02 Å². The highest BCUT2D eigenvalue weighted by Crippen LogP contribution is 2.25. The highest BCUT2D eigenvalue weighted by atomic mass is 35.5. The lowest BCUT2D eigenvalue weighted by atomic mass is 10.2. The Bertz CT molecular complexity index is 664. The fourth-order valence-electron chi connectivity index (χ4n) is 1.77. The van der Waals surface area contributed by atoms with Gasteiger partial charge in [0.1, 0.15) is 0 Å². The Morgan fingerprint density at radius 3 is 2.71 bits per heavy atom. The summed E-state index contributed by atoms with van der Waals surface area (Å²) in [5, 5.41) is 11.4. The van der Waals surface area contributed by atoms with Crippen LogP contribution >= 0.6 is 11.6 Å². The molecule has 0 aliphatic heterocycles. The van der Waals surface area contributed by atoms with Crippen molar-refractivity contribution < 1.29 is 4.92 Å². The van der Waals surface area contributed by atoms with Gasteiger partial charge in [0, 0.05) is 30.1 Å². The maximum atomic E-state index is 11.6. The Balaban J connectivity index is 2.88. The number of halogens is 1. The van der Waals surface area contributed by atoms with Crippen molar-refractivity contribution in [2.75, 3.05) is 0 Å². The monoisotopic (exact) mass is 252 g/mol. The summed E-state index contributed by atoms with van der Waals surface area (Å²) in [6, 6.07) is 5.56. The second-order valence-electron chi connectivity index (χ2n) is 3.53. The molecular formula is C11H9ClN2O3. The average Bonchev–Trinajstić information content (AvgIpc) is 2.29.